The normalized spacial score (nSPS) is 19.1. The van der Waals surface area contributed by atoms with Crippen molar-refractivity contribution in [2.45, 2.75) is 25.3 Å². The Morgan fingerprint density at radius 1 is 1.21 bits per heavy atom. The molecule has 1 aromatic carbocycles. The number of halogens is 3. The molecule has 29 heavy (non-hydrogen) atoms. The highest BCUT2D eigenvalue weighted by atomic mass is 19.4. The summed E-state index contributed by atoms with van der Waals surface area (Å²) < 4.78 is 46.7. The first-order valence-electron chi connectivity index (χ1n) is 8.66. The summed E-state index contributed by atoms with van der Waals surface area (Å²) in [5, 5.41) is 1.62. The number of pyridine rings is 1. The molecule has 2 aromatic rings. The average Bonchev–Trinajstić information content (AvgIpc) is 2.97. The number of carbonyl (C=O) groups is 2. The topological polar surface area (TPSA) is 83.9 Å². The maximum Gasteiger partial charge on any atom is 0.442 e. The van der Waals surface area contributed by atoms with E-state index >= 15 is 0 Å². The molecule has 3 rings (SSSR count). The molecule has 10 heteroatoms. The van der Waals surface area contributed by atoms with Crippen LogP contribution < -0.4 is 5.32 Å². The highest BCUT2D eigenvalue weighted by Gasteiger charge is 2.67. The van der Waals surface area contributed by atoms with Gasteiger partial charge in [-0.2, -0.15) is 13.2 Å². The summed E-state index contributed by atoms with van der Waals surface area (Å²) in [6, 6.07) is 11.2. The van der Waals surface area contributed by atoms with E-state index in [2.05, 4.69) is 14.7 Å². The molecule has 1 atom stereocenters. The molecule has 7 nitrogen and oxygen atoms in total. The van der Waals surface area contributed by atoms with E-state index in [0.29, 0.717) is 11.1 Å². The zero-order valence-electron chi connectivity index (χ0n) is 15.3. The highest BCUT2D eigenvalue weighted by molar-refractivity contribution is 6.16. The van der Waals surface area contributed by atoms with E-state index in [0.717, 1.165) is 4.90 Å². The van der Waals surface area contributed by atoms with E-state index in [4.69, 9.17) is 0 Å². The zero-order chi connectivity index (χ0) is 21.1. The minimum atomic E-state index is -5.19. The van der Waals surface area contributed by atoms with Gasteiger partial charge in [0, 0.05) is 18.0 Å². The Morgan fingerprint density at radius 3 is 2.52 bits per heavy atom. The van der Waals surface area contributed by atoms with Crippen molar-refractivity contribution in [2.75, 3.05) is 6.61 Å². The first-order valence-corrected chi connectivity index (χ1v) is 8.66. The molecule has 2 amide bonds. The number of hydrogen-bond donors (Lipinski definition) is 1. The fraction of sp³-hybridized carbons (Fsp3) is 0.263. The smallest absolute Gasteiger partial charge is 0.442 e. The molecule has 152 valence electrons. The Bertz CT molecular complexity index is 919. The molecule has 1 aromatic heterocycles. The summed E-state index contributed by atoms with van der Waals surface area (Å²) in [6.07, 6.45) is -3.65. The van der Waals surface area contributed by atoms with Gasteiger partial charge in [-0.15, -0.1) is 0 Å². The average molecular weight is 406 g/mol. The van der Waals surface area contributed by atoms with Gasteiger partial charge >= 0.3 is 17.9 Å². The first-order chi connectivity index (χ1) is 13.8. The van der Waals surface area contributed by atoms with Crippen molar-refractivity contribution < 1.29 is 27.5 Å². The maximum atomic E-state index is 14.0. The number of hydrogen-bond acceptors (Lipinski definition) is 5. The van der Waals surface area contributed by atoms with Gasteiger partial charge in [-0.1, -0.05) is 36.4 Å². The van der Waals surface area contributed by atoms with Crippen molar-refractivity contribution in [3.63, 3.8) is 0 Å². The van der Waals surface area contributed by atoms with Gasteiger partial charge in [0.2, 0.25) is 0 Å². The summed E-state index contributed by atoms with van der Waals surface area (Å²) in [5.74, 6) is -1.64. The maximum absolute atomic E-state index is 14.0. The highest BCUT2D eigenvalue weighted by Crippen LogP contribution is 2.39. The summed E-state index contributed by atoms with van der Waals surface area (Å²) >= 11 is 0. The molecule has 0 radical (unpaired) electrons. The molecule has 0 bridgehead atoms. The van der Waals surface area contributed by atoms with Crippen LogP contribution in [-0.2, 0) is 16.1 Å². The van der Waals surface area contributed by atoms with Crippen LogP contribution in [0.25, 0.3) is 0 Å². The van der Waals surface area contributed by atoms with Crippen molar-refractivity contribution in [1.29, 1.82) is 0 Å². The molecule has 1 aliphatic rings. The second kappa shape index (κ2) is 7.90. The molecular weight excluding hydrogens is 389 g/mol. The third-order valence-corrected chi connectivity index (χ3v) is 4.15. The van der Waals surface area contributed by atoms with Crippen LogP contribution in [0.5, 0.6) is 0 Å². The van der Waals surface area contributed by atoms with Gasteiger partial charge in [-0.25, -0.2) is 9.79 Å². The number of amides is 2. The summed E-state index contributed by atoms with van der Waals surface area (Å²) in [4.78, 5) is 33.3. The van der Waals surface area contributed by atoms with E-state index in [-0.39, 0.29) is 19.0 Å². The standard InChI is InChI=1S/C19H17F3N4O3/c1-2-29-17(28)25-18(19(20,21)22)16(27)26(12-13-7-6-10-23-11-13)15(24-18)14-8-4-3-5-9-14/h3-11H,2,12H2,1H3,(H,25,28). The van der Waals surface area contributed by atoms with Crippen molar-refractivity contribution in [3.05, 3.63) is 66.0 Å². The molecule has 0 fully saturated rings. The number of aromatic nitrogens is 1. The van der Waals surface area contributed by atoms with Gasteiger partial charge in [-0.05, 0) is 18.6 Å². The molecule has 1 unspecified atom stereocenters. The predicted octanol–water partition coefficient (Wildman–Crippen LogP) is 2.88. The predicted molar refractivity (Wildman–Crippen MR) is 96.7 cm³/mol. The Labute approximate surface area is 164 Å². The SMILES string of the molecule is CCOC(=O)NC1(C(F)(F)F)N=C(c2ccccc2)N(Cc2cccnc2)C1=O. The Balaban J connectivity index is 2.10. The fourth-order valence-corrected chi connectivity index (χ4v) is 2.84. The Morgan fingerprint density at radius 2 is 1.93 bits per heavy atom. The Hall–Kier alpha value is -3.43. The second-order valence-electron chi connectivity index (χ2n) is 6.11. The second-order valence-corrected chi connectivity index (χ2v) is 6.11. The lowest BCUT2D eigenvalue weighted by Gasteiger charge is -2.28. The number of benzene rings is 1. The van der Waals surface area contributed by atoms with Crippen LogP contribution >= 0.6 is 0 Å². The van der Waals surface area contributed by atoms with Crippen LogP contribution in [0.4, 0.5) is 18.0 Å². The van der Waals surface area contributed by atoms with Crippen LogP contribution in [-0.4, -0.2) is 46.2 Å². The van der Waals surface area contributed by atoms with Gasteiger partial charge in [0.1, 0.15) is 5.84 Å². The Kier molecular flexibility index (Phi) is 5.53. The van der Waals surface area contributed by atoms with Crippen molar-refractivity contribution >= 4 is 17.8 Å². The van der Waals surface area contributed by atoms with Crippen LogP contribution in [0.2, 0.25) is 0 Å². The lowest BCUT2D eigenvalue weighted by molar-refractivity contribution is -0.197. The van der Waals surface area contributed by atoms with Crippen molar-refractivity contribution in [3.8, 4) is 0 Å². The number of alkyl halides is 3. The molecule has 0 saturated carbocycles. The van der Waals surface area contributed by atoms with Crippen molar-refractivity contribution in [2.24, 2.45) is 4.99 Å². The van der Waals surface area contributed by atoms with Gasteiger partial charge in [0.15, 0.2) is 0 Å². The van der Waals surface area contributed by atoms with Crippen LogP contribution in [0.1, 0.15) is 18.1 Å². The van der Waals surface area contributed by atoms with Crippen LogP contribution in [0, 0.1) is 0 Å². The monoisotopic (exact) mass is 406 g/mol. The van der Waals surface area contributed by atoms with Gasteiger partial charge in [0.25, 0.3) is 5.91 Å². The third-order valence-electron chi connectivity index (χ3n) is 4.15. The number of nitrogens with zero attached hydrogens (tertiary/aromatic N) is 3. The van der Waals surface area contributed by atoms with E-state index in [1.807, 2.05) is 0 Å². The van der Waals surface area contributed by atoms with Gasteiger partial charge in [0.05, 0.1) is 13.2 Å². The number of ether oxygens (including phenoxy) is 1. The van der Waals surface area contributed by atoms with E-state index in [1.54, 1.807) is 35.6 Å². The molecule has 0 saturated heterocycles. The van der Waals surface area contributed by atoms with Gasteiger partial charge < -0.3 is 4.74 Å². The summed E-state index contributed by atoms with van der Waals surface area (Å²) in [6.45, 7) is 1.06. The summed E-state index contributed by atoms with van der Waals surface area (Å²) in [5.41, 5.74) is -2.69. The molecule has 0 aliphatic carbocycles. The number of rotatable bonds is 5. The minimum Gasteiger partial charge on any atom is -0.450 e. The van der Waals surface area contributed by atoms with Crippen LogP contribution in [0.15, 0.2) is 59.9 Å². The minimum absolute atomic E-state index is 0.164. The van der Waals surface area contributed by atoms with E-state index in [1.165, 1.54) is 31.5 Å². The quantitative estimate of drug-likeness (QED) is 0.828. The third kappa shape index (κ3) is 3.91. The number of amidine groups is 1. The zero-order valence-corrected chi connectivity index (χ0v) is 15.3. The lowest BCUT2D eigenvalue weighted by atomic mass is 10.1. The molecular formula is C19H17F3N4O3. The number of aliphatic imine (C=N–C) groups is 1. The number of nitrogens with one attached hydrogen (secondary N) is 1. The fourth-order valence-electron chi connectivity index (χ4n) is 2.84. The lowest BCUT2D eigenvalue weighted by Crippen LogP contribution is -2.63. The van der Waals surface area contributed by atoms with Gasteiger partial charge in [-0.3, -0.25) is 20.0 Å². The number of alkyl carbamates (subject to hydrolysis) is 1. The molecule has 2 heterocycles. The van der Waals surface area contributed by atoms with E-state index < -0.39 is 23.8 Å². The van der Waals surface area contributed by atoms with Crippen molar-refractivity contribution in [1.82, 2.24) is 15.2 Å². The first kappa shape index (κ1) is 20.3. The molecule has 0 spiro atoms. The molecule has 1 N–H and O–H groups in total. The molecule has 1 aliphatic heterocycles. The van der Waals surface area contributed by atoms with Crippen LogP contribution in [0.3, 0.4) is 0 Å². The number of carbonyl (C=O) groups excluding carboxylic acids is 2. The largest absolute Gasteiger partial charge is 0.450 e. The van der Waals surface area contributed by atoms with E-state index in [9.17, 15) is 22.8 Å². The summed E-state index contributed by atoms with van der Waals surface area (Å²) in [7, 11) is 0.